The summed E-state index contributed by atoms with van der Waals surface area (Å²) in [7, 11) is 2.39. The number of ether oxygens (including phenoxy) is 2. The summed E-state index contributed by atoms with van der Waals surface area (Å²) >= 11 is 0.941. The molecule has 31 heavy (non-hydrogen) atoms. The predicted octanol–water partition coefficient (Wildman–Crippen LogP) is 3.18. The fourth-order valence-corrected chi connectivity index (χ4v) is 3.07. The Hall–Kier alpha value is -3.73. The van der Waals surface area contributed by atoms with E-state index in [0.717, 1.165) is 11.8 Å². The number of thioether (sulfide) groups is 1. The van der Waals surface area contributed by atoms with E-state index in [2.05, 4.69) is 25.0 Å². The number of amides is 1. The third-order valence-corrected chi connectivity index (χ3v) is 4.71. The Morgan fingerprint density at radius 2 is 1.68 bits per heavy atom. The average Bonchev–Trinajstić information content (AvgIpc) is 3.25. The molecule has 0 fully saturated rings. The van der Waals surface area contributed by atoms with Gasteiger partial charge in [0.05, 0.1) is 36.7 Å². The molecule has 0 aliphatic heterocycles. The molecule has 1 N–H and O–H groups in total. The molecular formula is C20H16FN3O6S. The summed E-state index contributed by atoms with van der Waals surface area (Å²) in [6.07, 6.45) is 0. The van der Waals surface area contributed by atoms with Gasteiger partial charge in [-0.25, -0.2) is 14.0 Å². The molecule has 0 spiro atoms. The van der Waals surface area contributed by atoms with Gasteiger partial charge < -0.3 is 19.2 Å². The normalized spacial score (nSPS) is 10.4. The van der Waals surface area contributed by atoms with Crippen LogP contribution in [0.2, 0.25) is 0 Å². The maximum atomic E-state index is 13.8. The van der Waals surface area contributed by atoms with Crippen molar-refractivity contribution < 1.29 is 32.7 Å². The summed E-state index contributed by atoms with van der Waals surface area (Å²) in [5.41, 5.74) is 0.493. The molecule has 3 rings (SSSR count). The first-order valence-electron chi connectivity index (χ1n) is 8.74. The number of anilines is 1. The molecule has 0 saturated carbocycles. The van der Waals surface area contributed by atoms with E-state index in [0.29, 0.717) is 0 Å². The quantitative estimate of drug-likeness (QED) is 0.432. The van der Waals surface area contributed by atoms with E-state index in [1.54, 1.807) is 6.07 Å². The molecule has 2 aromatic carbocycles. The molecule has 1 amide bonds. The van der Waals surface area contributed by atoms with E-state index < -0.39 is 23.7 Å². The summed E-state index contributed by atoms with van der Waals surface area (Å²) in [5.74, 6) is -2.45. The van der Waals surface area contributed by atoms with Gasteiger partial charge in [-0.2, -0.15) is 0 Å². The highest BCUT2D eigenvalue weighted by molar-refractivity contribution is 7.99. The average molecular weight is 445 g/mol. The molecular weight excluding hydrogens is 429 g/mol. The zero-order valence-corrected chi connectivity index (χ0v) is 17.2. The number of esters is 2. The van der Waals surface area contributed by atoms with Crippen molar-refractivity contribution in [3.05, 3.63) is 59.4 Å². The molecule has 160 valence electrons. The Labute approximate surface area is 179 Å². The van der Waals surface area contributed by atoms with Crippen molar-refractivity contribution in [2.75, 3.05) is 25.3 Å². The summed E-state index contributed by atoms with van der Waals surface area (Å²) < 4.78 is 28.5. The van der Waals surface area contributed by atoms with Crippen LogP contribution in [0.15, 0.2) is 52.1 Å². The fraction of sp³-hybridized carbons (Fsp3) is 0.150. The van der Waals surface area contributed by atoms with Crippen LogP contribution in [0.25, 0.3) is 11.5 Å². The lowest BCUT2D eigenvalue weighted by Gasteiger charge is -2.09. The number of hydrogen-bond acceptors (Lipinski definition) is 9. The van der Waals surface area contributed by atoms with Gasteiger partial charge in [0.1, 0.15) is 5.82 Å². The van der Waals surface area contributed by atoms with E-state index in [1.165, 1.54) is 50.6 Å². The highest BCUT2D eigenvalue weighted by Gasteiger charge is 2.17. The van der Waals surface area contributed by atoms with Crippen molar-refractivity contribution in [3.63, 3.8) is 0 Å². The van der Waals surface area contributed by atoms with Gasteiger partial charge in [0.25, 0.3) is 11.1 Å². The van der Waals surface area contributed by atoms with Gasteiger partial charge in [-0.3, -0.25) is 4.79 Å². The van der Waals surface area contributed by atoms with E-state index in [1.807, 2.05) is 0 Å². The molecule has 0 aliphatic rings. The highest BCUT2D eigenvalue weighted by Crippen LogP contribution is 2.25. The summed E-state index contributed by atoms with van der Waals surface area (Å²) in [6.45, 7) is 0. The Morgan fingerprint density at radius 3 is 2.29 bits per heavy atom. The van der Waals surface area contributed by atoms with Crippen molar-refractivity contribution in [2.45, 2.75) is 5.22 Å². The van der Waals surface area contributed by atoms with Crippen molar-refractivity contribution in [3.8, 4) is 11.5 Å². The summed E-state index contributed by atoms with van der Waals surface area (Å²) in [5, 5.41) is 10.2. The van der Waals surface area contributed by atoms with Gasteiger partial charge >= 0.3 is 11.9 Å². The van der Waals surface area contributed by atoms with Gasteiger partial charge in [0.2, 0.25) is 5.91 Å². The number of hydrogen-bond donors (Lipinski definition) is 1. The summed E-state index contributed by atoms with van der Waals surface area (Å²) in [6, 6.07) is 9.96. The van der Waals surface area contributed by atoms with Gasteiger partial charge in [-0.05, 0) is 30.3 Å². The van der Waals surface area contributed by atoms with Crippen LogP contribution in [-0.4, -0.2) is 48.0 Å². The number of nitrogens with one attached hydrogen (secondary N) is 1. The number of carbonyl (C=O) groups is 3. The molecule has 0 atom stereocenters. The van der Waals surface area contributed by atoms with E-state index in [4.69, 9.17) is 4.42 Å². The molecule has 0 bridgehead atoms. The number of methoxy groups -OCH3 is 2. The molecule has 3 aromatic rings. The Kier molecular flexibility index (Phi) is 6.98. The minimum absolute atomic E-state index is 0.00509. The Morgan fingerprint density at radius 1 is 1.03 bits per heavy atom. The van der Waals surface area contributed by atoms with Gasteiger partial charge in [0.15, 0.2) is 0 Å². The van der Waals surface area contributed by atoms with E-state index in [-0.39, 0.29) is 39.2 Å². The first-order chi connectivity index (χ1) is 14.9. The summed E-state index contributed by atoms with van der Waals surface area (Å²) in [4.78, 5) is 36.0. The van der Waals surface area contributed by atoms with Gasteiger partial charge in [0, 0.05) is 5.69 Å². The van der Waals surface area contributed by atoms with Crippen LogP contribution in [0.5, 0.6) is 0 Å². The Balaban J connectivity index is 1.68. The molecule has 9 nitrogen and oxygen atoms in total. The zero-order valence-electron chi connectivity index (χ0n) is 16.4. The second-order valence-electron chi connectivity index (χ2n) is 5.97. The highest BCUT2D eigenvalue weighted by atomic mass is 32.2. The minimum Gasteiger partial charge on any atom is -0.465 e. The monoisotopic (exact) mass is 445 g/mol. The van der Waals surface area contributed by atoms with Crippen LogP contribution in [0.1, 0.15) is 20.7 Å². The maximum Gasteiger partial charge on any atom is 0.337 e. The van der Waals surface area contributed by atoms with Crippen molar-refractivity contribution in [1.29, 1.82) is 0 Å². The smallest absolute Gasteiger partial charge is 0.337 e. The van der Waals surface area contributed by atoms with Crippen LogP contribution in [0.4, 0.5) is 10.1 Å². The first-order valence-corrected chi connectivity index (χ1v) is 9.72. The van der Waals surface area contributed by atoms with E-state index >= 15 is 0 Å². The second-order valence-corrected chi connectivity index (χ2v) is 6.90. The lowest BCUT2D eigenvalue weighted by atomic mass is 10.1. The topological polar surface area (TPSA) is 121 Å². The van der Waals surface area contributed by atoms with Crippen LogP contribution >= 0.6 is 11.8 Å². The number of carbonyl (C=O) groups excluding carboxylic acids is 3. The molecule has 0 unspecified atom stereocenters. The zero-order chi connectivity index (χ0) is 22.4. The third kappa shape index (κ3) is 5.45. The van der Waals surface area contributed by atoms with Crippen molar-refractivity contribution in [2.24, 2.45) is 0 Å². The van der Waals surface area contributed by atoms with Gasteiger partial charge in [-0.1, -0.05) is 23.9 Å². The lowest BCUT2D eigenvalue weighted by Crippen LogP contribution is -2.16. The standard InChI is InChI=1S/C20H16FN3O6S/c1-28-18(26)11-7-12(19(27)29-2)9-13(8-11)22-16(25)10-31-20-24-23-17(30-20)14-5-3-4-6-15(14)21/h3-9H,10H2,1-2H3,(H,22,25). The number of halogens is 1. The number of rotatable bonds is 7. The van der Waals surface area contributed by atoms with Crippen LogP contribution in [0, 0.1) is 5.82 Å². The Bertz CT molecular complexity index is 1100. The minimum atomic E-state index is -0.679. The second kappa shape index (κ2) is 9.85. The number of benzene rings is 2. The molecule has 1 aromatic heterocycles. The lowest BCUT2D eigenvalue weighted by molar-refractivity contribution is -0.113. The molecule has 0 aliphatic carbocycles. The third-order valence-electron chi connectivity index (χ3n) is 3.90. The molecule has 1 heterocycles. The molecule has 0 radical (unpaired) electrons. The maximum absolute atomic E-state index is 13.8. The van der Waals surface area contributed by atoms with Crippen LogP contribution in [0.3, 0.4) is 0 Å². The van der Waals surface area contributed by atoms with Crippen molar-refractivity contribution >= 4 is 35.3 Å². The van der Waals surface area contributed by atoms with Crippen LogP contribution < -0.4 is 5.32 Å². The van der Waals surface area contributed by atoms with Crippen LogP contribution in [-0.2, 0) is 14.3 Å². The number of aromatic nitrogens is 2. The van der Waals surface area contributed by atoms with Crippen molar-refractivity contribution in [1.82, 2.24) is 10.2 Å². The SMILES string of the molecule is COC(=O)c1cc(NC(=O)CSc2nnc(-c3ccccc3F)o2)cc(C(=O)OC)c1. The van der Waals surface area contributed by atoms with E-state index in [9.17, 15) is 18.8 Å². The fourth-order valence-electron chi connectivity index (χ4n) is 2.51. The number of nitrogens with zero attached hydrogens (tertiary/aromatic N) is 2. The molecule has 11 heteroatoms. The first kappa shape index (κ1) is 22.0. The van der Waals surface area contributed by atoms with Gasteiger partial charge in [-0.15, -0.1) is 10.2 Å². The largest absolute Gasteiger partial charge is 0.465 e. The predicted molar refractivity (Wildman–Crippen MR) is 108 cm³/mol. The molecule has 0 saturated heterocycles.